The third-order valence-electron chi connectivity index (χ3n) is 4.61. The van der Waals surface area contributed by atoms with Crippen LogP contribution >= 0.6 is 11.8 Å². The smallest absolute Gasteiger partial charge is 0.419 e. The van der Waals surface area contributed by atoms with Crippen molar-refractivity contribution in [1.29, 1.82) is 0 Å². The number of ether oxygens (including phenoxy) is 1. The lowest BCUT2D eigenvalue weighted by molar-refractivity contribution is -0.138. The Bertz CT molecular complexity index is 547. The minimum absolute atomic E-state index is 0.221. The topological polar surface area (TPSA) is 29.5 Å². The molecule has 122 valence electrons. The van der Waals surface area contributed by atoms with Crippen molar-refractivity contribution in [3.63, 3.8) is 0 Å². The standard InChI is InChI=1S/C16H19F3O2S/c1-21-14-7-10(5-6-13(14)16(17,18)19)15(20)8-11-3-2-4-12(9-15)22-11/h5-7,11-12,20H,2-4,8-9H2,1H3. The highest BCUT2D eigenvalue weighted by atomic mass is 32.2. The van der Waals surface area contributed by atoms with Crippen molar-refractivity contribution in [3.05, 3.63) is 29.3 Å². The number of halogens is 3. The summed E-state index contributed by atoms with van der Waals surface area (Å²) < 4.78 is 43.7. The lowest BCUT2D eigenvalue weighted by Crippen LogP contribution is -2.40. The second-order valence-corrected chi connectivity index (χ2v) is 7.77. The molecule has 1 N–H and O–H groups in total. The van der Waals surface area contributed by atoms with Crippen molar-refractivity contribution >= 4 is 11.8 Å². The molecule has 0 amide bonds. The predicted molar refractivity (Wildman–Crippen MR) is 80.1 cm³/mol. The first-order valence-corrected chi connectivity index (χ1v) is 8.40. The van der Waals surface area contributed by atoms with E-state index in [0.717, 1.165) is 18.9 Å². The molecular weight excluding hydrogens is 313 g/mol. The van der Waals surface area contributed by atoms with Crippen molar-refractivity contribution in [3.8, 4) is 5.75 Å². The van der Waals surface area contributed by atoms with Crippen molar-refractivity contribution in [2.24, 2.45) is 0 Å². The lowest BCUT2D eigenvalue weighted by Gasteiger charge is -2.44. The summed E-state index contributed by atoms with van der Waals surface area (Å²) in [6.07, 6.45) is 0.0635. The lowest BCUT2D eigenvalue weighted by atomic mass is 9.80. The number of thioether (sulfide) groups is 1. The zero-order valence-electron chi connectivity index (χ0n) is 12.3. The highest BCUT2D eigenvalue weighted by Gasteiger charge is 2.43. The van der Waals surface area contributed by atoms with Gasteiger partial charge in [-0.1, -0.05) is 12.5 Å². The molecule has 2 nitrogen and oxygen atoms in total. The van der Waals surface area contributed by atoms with E-state index >= 15 is 0 Å². The van der Waals surface area contributed by atoms with Gasteiger partial charge in [0.15, 0.2) is 0 Å². The number of hydrogen-bond donors (Lipinski definition) is 1. The highest BCUT2D eigenvalue weighted by molar-refractivity contribution is 8.00. The van der Waals surface area contributed by atoms with Crippen molar-refractivity contribution in [2.45, 2.75) is 54.4 Å². The molecular formula is C16H19F3O2S. The Labute approximate surface area is 132 Å². The van der Waals surface area contributed by atoms with E-state index in [1.807, 2.05) is 11.8 Å². The molecule has 0 spiro atoms. The predicted octanol–water partition coefficient (Wildman–Crippen LogP) is 4.35. The van der Waals surface area contributed by atoms with Crippen LogP contribution in [0.4, 0.5) is 13.2 Å². The highest BCUT2D eigenvalue weighted by Crippen LogP contribution is 2.50. The van der Waals surface area contributed by atoms with Crippen molar-refractivity contribution in [2.75, 3.05) is 7.11 Å². The van der Waals surface area contributed by atoms with E-state index in [0.29, 0.717) is 28.9 Å². The van der Waals surface area contributed by atoms with Gasteiger partial charge in [-0.3, -0.25) is 0 Å². The third kappa shape index (κ3) is 2.95. The van der Waals surface area contributed by atoms with Crippen LogP contribution in [-0.4, -0.2) is 22.7 Å². The number of benzene rings is 1. The molecule has 22 heavy (non-hydrogen) atoms. The van der Waals surface area contributed by atoms with Crippen LogP contribution in [-0.2, 0) is 11.8 Å². The summed E-state index contributed by atoms with van der Waals surface area (Å²) in [6, 6.07) is 3.77. The molecule has 2 saturated heterocycles. The van der Waals surface area contributed by atoms with Crippen LogP contribution in [0, 0.1) is 0 Å². The Morgan fingerprint density at radius 3 is 2.41 bits per heavy atom. The summed E-state index contributed by atoms with van der Waals surface area (Å²) in [6.45, 7) is 0. The molecule has 1 aromatic rings. The minimum Gasteiger partial charge on any atom is -0.496 e. The van der Waals surface area contributed by atoms with Crippen LogP contribution in [0.15, 0.2) is 18.2 Å². The summed E-state index contributed by atoms with van der Waals surface area (Å²) in [7, 11) is 1.23. The van der Waals surface area contributed by atoms with Gasteiger partial charge in [-0.05, 0) is 43.4 Å². The van der Waals surface area contributed by atoms with E-state index in [9.17, 15) is 18.3 Å². The quantitative estimate of drug-likeness (QED) is 0.873. The van der Waals surface area contributed by atoms with E-state index in [1.165, 1.54) is 25.7 Å². The third-order valence-corrected chi connectivity index (χ3v) is 6.19. The molecule has 0 aliphatic carbocycles. The number of aliphatic hydroxyl groups is 1. The molecule has 1 aromatic carbocycles. The zero-order chi connectivity index (χ0) is 16.0. The van der Waals surface area contributed by atoms with E-state index in [-0.39, 0.29) is 5.75 Å². The molecule has 2 aliphatic heterocycles. The molecule has 2 fully saturated rings. The van der Waals surface area contributed by atoms with Gasteiger partial charge >= 0.3 is 6.18 Å². The molecule has 2 unspecified atom stereocenters. The van der Waals surface area contributed by atoms with Crippen LogP contribution < -0.4 is 4.74 Å². The van der Waals surface area contributed by atoms with Crippen molar-refractivity contribution in [1.82, 2.24) is 0 Å². The largest absolute Gasteiger partial charge is 0.496 e. The van der Waals surface area contributed by atoms with Gasteiger partial charge < -0.3 is 9.84 Å². The zero-order valence-corrected chi connectivity index (χ0v) is 13.1. The van der Waals surface area contributed by atoms with Crippen LogP contribution in [0.2, 0.25) is 0 Å². The fourth-order valence-electron chi connectivity index (χ4n) is 3.57. The fraction of sp³-hybridized carbons (Fsp3) is 0.625. The van der Waals surface area contributed by atoms with Crippen LogP contribution in [0.3, 0.4) is 0 Å². The Kier molecular flexibility index (Phi) is 4.10. The number of alkyl halides is 3. The maximum absolute atomic E-state index is 12.9. The van der Waals surface area contributed by atoms with E-state index in [2.05, 4.69) is 0 Å². The summed E-state index contributed by atoms with van der Waals surface area (Å²) in [5.41, 5.74) is -1.31. The van der Waals surface area contributed by atoms with E-state index in [1.54, 1.807) is 0 Å². The van der Waals surface area contributed by atoms with Gasteiger partial charge in [0, 0.05) is 10.5 Å². The maximum Gasteiger partial charge on any atom is 0.419 e. The molecule has 2 atom stereocenters. The maximum atomic E-state index is 12.9. The number of rotatable bonds is 2. The Morgan fingerprint density at radius 2 is 1.86 bits per heavy atom. The number of hydrogen-bond acceptors (Lipinski definition) is 3. The molecule has 2 aliphatic rings. The number of methoxy groups -OCH3 is 1. The molecule has 6 heteroatoms. The number of fused-ring (bicyclic) bond motifs is 2. The molecule has 0 saturated carbocycles. The van der Waals surface area contributed by atoms with Gasteiger partial charge in [0.2, 0.25) is 0 Å². The average Bonchev–Trinajstić information content (AvgIpc) is 2.45. The fourth-order valence-corrected chi connectivity index (χ4v) is 5.46. The average molecular weight is 332 g/mol. The van der Waals surface area contributed by atoms with Crippen molar-refractivity contribution < 1.29 is 23.0 Å². The summed E-state index contributed by atoms with van der Waals surface area (Å²) in [4.78, 5) is 0. The summed E-state index contributed by atoms with van der Waals surface area (Å²) in [5, 5.41) is 11.8. The monoisotopic (exact) mass is 332 g/mol. The van der Waals surface area contributed by atoms with E-state index in [4.69, 9.17) is 4.74 Å². The Hall–Kier alpha value is -0.880. The molecule has 3 rings (SSSR count). The Balaban J connectivity index is 1.94. The van der Waals surface area contributed by atoms with Gasteiger partial charge in [-0.25, -0.2) is 0 Å². The van der Waals surface area contributed by atoms with Gasteiger partial charge in [0.25, 0.3) is 0 Å². The SMILES string of the molecule is COc1cc(C2(O)CC3CCCC(C2)S3)ccc1C(F)(F)F. The summed E-state index contributed by atoms with van der Waals surface area (Å²) >= 11 is 1.92. The van der Waals surface area contributed by atoms with Crippen LogP contribution in [0.25, 0.3) is 0 Å². The first kappa shape index (κ1) is 16.0. The molecule has 2 heterocycles. The normalized spacial score (nSPS) is 31.9. The summed E-state index contributed by atoms with van der Waals surface area (Å²) in [5.74, 6) is -0.221. The second-order valence-electron chi connectivity index (χ2n) is 6.16. The van der Waals surface area contributed by atoms with E-state index < -0.39 is 17.3 Å². The van der Waals surface area contributed by atoms with Crippen LogP contribution in [0.5, 0.6) is 5.75 Å². The molecule has 0 radical (unpaired) electrons. The molecule has 0 aromatic heterocycles. The minimum atomic E-state index is -4.45. The first-order chi connectivity index (χ1) is 10.3. The first-order valence-electron chi connectivity index (χ1n) is 7.45. The Morgan fingerprint density at radius 1 is 1.23 bits per heavy atom. The second kappa shape index (κ2) is 5.64. The van der Waals surface area contributed by atoms with Gasteiger partial charge in [0.05, 0.1) is 18.3 Å². The molecule has 2 bridgehead atoms. The van der Waals surface area contributed by atoms with Gasteiger partial charge in [0.1, 0.15) is 5.75 Å². The van der Waals surface area contributed by atoms with Gasteiger partial charge in [-0.2, -0.15) is 24.9 Å². The van der Waals surface area contributed by atoms with Crippen LogP contribution in [0.1, 0.15) is 43.2 Å². The van der Waals surface area contributed by atoms with Gasteiger partial charge in [-0.15, -0.1) is 0 Å².